The lowest BCUT2D eigenvalue weighted by atomic mass is 10.1. The molecule has 1 N–H and O–H groups in total. The van der Waals surface area contributed by atoms with Crippen LogP contribution >= 0.6 is 0 Å². The molecule has 80 valence electrons. The van der Waals surface area contributed by atoms with Gasteiger partial charge in [0.2, 0.25) is 5.91 Å². The quantitative estimate of drug-likeness (QED) is 0.723. The summed E-state index contributed by atoms with van der Waals surface area (Å²) in [5.74, 6) is 0.817. The van der Waals surface area contributed by atoms with Gasteiger partial charge in [-0.25, -0.2) is 0 Å². The van der Waals surface area contributed by atoms with Gasteiger partial charge in [0.05, 0.1) is 12.7 Å². The third kappa shape index (κ3) is 1.65. The number of hydrogen-bond acceptors (Lipinski definition) is 2. The highest BCUT2D eigenvalue weighted by Crippen LogP contribution is 2.28. The molecule has 0 aromatic heterocycles. The summed E-state index contributed by atoms with van der Waals surface area (Å²) >= 11 is 0. The fraction of sp³-hybridized carbons (Fsp3) is 0.909. The summed E-state index contributed by atoms with van der Waals surface area (Å²) in [4.78, 5) is 13.8. The zero-order valence-electron chi connectivity index (χ0n) is 9.12. The van der Waals surface area contributed by atoms with Crippen LogP contribution in [0.1, 0.15) is 39.5 Å². The molecule has 1 unspecified atom stereocenters. The van der Waals surface area contributed by atoms with E-state index in [1.165, 1.54) is 25.7 Å². The summed E-state index contributed by atoms with van der Waals surface area (Å²) in [5, 5.41) is 3.31. The van der Waals surface area contributed by atoms with Crippen LogP contribution in [-0.4, -0.2) is 29.6 Å². The standard InChI is InChI=1S/C11H20N2O/c1-8(2)11-12-7-10(14)13(11)9-5-3-4-6-9/h8-9,11-12H,3-7H2,1-2H3. The first-order valence-electron chi connectivity index (χ1n) is 5.74. The molecule has 0 aromatic carbocycles. The van der Waals surface area contributed by atoms with E-state index in [4.69, 9.17) is 0 Å². The molecule has 0 aromatic rings. The average molecular weight is 196 g/mol. The van der Waals surface area contributed by atoms with Crippen LogP contribution in [-0.2, 0) is 4.79 Å². The van der Waals surface area contributed by atoms with E-state index in [-0.39, 0.29) is 6.17 Å². The first kappa shape index (κ1) is 9.97. The molecule has 2 aliphatic rings. The second kappa shape index (κ2) is 3.89. The van der Waals surface area contributed by atoms with E-state index in [0.29, 0.717) is 24.4 Å². The Kier molecular flexibility index (Phi) is 2.77. The number of amides is 1. The lowest BCUT2D eigenvalue weighted by molar-refractivity contribution is -0.130. The molecule has 0 spiro atoms. The molecule has 0 radical (unpaired) electrons. The van der Waals surface area contributed by atoms with E-state index in [2.05, 4.69) is 24.1 Å². The van der Waals surface area contributed by atoms with E-state index >= 15 is 0 Å². The van der Waals surface area contributed by atoms with Crippen molar-refractivity contribution in [1.29, 1.82) is 0 Å². The SMILES string of the molecule is CC(C)C1NCC(=O)N1C1CCCC1. The van der Waals surface area contributed by atoms with Crippen LogP contribution in [0.2, 0.25) is 0 Å². The van der Waals surface area contributed by atoms with E-state index < -0.39 is 0 Å². The molecule has 1 aliphatic heterocycles. The Labute approximate surface area is 85.8 Å². The Hall–Kier alpha value is -0.570. The molecule has 1 heterocycles. The number of carbonyl (C=O) groups excluding carboxylic acids is 1. The van der Waals surface area contributed by atoms with Gasteiger partial charge in [-0.05, 0) is 18.8 Å². The van der Waals surface area contributed by atoms with Crippen molar-refractivity contribution in [2.24, 2.45) is 5.92 Å². The normalized spacial score (nSPS) is 29.5. The maximum Gasteiger partial charge on any atom is 0.238 e. The Morgan fingerprint density at radius 2 is 2.00 bits per heavy atom. The van der Waals surface area contributed by atoms with Crippen molar-refractivity contribution in [3.8, 4) is 0 Å². The van der Waals surface area contributed by atoms with Gasteiger partial charge in [0.15, 0.2) is 0 Å². The topological polar surface area (TPSA) is 32.3 Å². The highest BCUT2D eigenvalue weighted by molar-refractivity contribution is 5.81. The molecular weight excluding hydrogens is 176 g/mol. The highest BCUT2D eigenvalue weighted by Gasteiger charge is 2.38. The molecule has 1 saturated heterocycles. The molecular formula is C11H20N2O. The molecule has 3 nitrogen and oxygen atoms in total. The molecule has 1 amide bonds. The fourth-order valence-corrected chi connectivity index (χ4v) is 2.71. The Balaban J connectivity index is 2.08. The van der Waals surface area contributed by atoms with Crippen molar-refractivity contribution in [2.45, 2.75) is 51.7 Å². The van der Waals surface area contributed by atoms with E-state index in [1.54, 1.807) is 0 Å². The van der Waals surface area contributed by atoms with Crippen molar-refractivity contribution in [3.63, 3.8) is 0 Å². The molecule has 1 saturated carbocycles. The van der Waals surface area contributed by atoms with Gasteiger partial charge in [-0.1, -0.05) is 26.7 Å². The van der Waals surface area contributed by atoms with Crippen molar-refractivity contribution in [3.05, 3.63) is 0 Å². The lowest BCUT2D eigenvalue weighted by Gasteiger charge is -2.32. The van der Waals surface area contributed by atoms with Crippen molar-refractivity contribution in [1.82, 2.24) is 10.2 Å². The third-order valence-electron chi connectivity index (χ3n) is 3.40. The first-order chi connectivity index (χ1) is 6.70. The lowest BCUT2D eigenvalue weighted by Crippen LogP contribution is -2.46. The van der Waals surface area contributed by atoms with Gasteiger partial charge >= 0.3 is 0 Å². The molecule has 1 atom stereocenters. The van der Waals surface area contributed by atoms with E-state index in [1.807, 2.05) is 0 Å². The summed E-state index contributed by atoms with van der Waals surface area (Å²) < 4.78 is 0. The number of carbonyl (C=O) groups is 1. The Bertz CT molecular complexity index is 221. The minimum absolute atomic E-state index is 0.283. The summed E-state index contributed by atoms with van der Waals surface area (Å²) in [6.45, 7) is 4.90. The largest absolute Gasteiger partial charge is 0.323 e. The second-order valence-corrected chi connectivity index (χ2v) is 4.81. The predicted molar refractivity (Wildman–Crippen MR) is 55.7 cm³/mol. The highest BCUT2D eigenvalue weighted by atomic mass is 16.2. The zero-order chi connectivity index (χ0) is 10.1. The van der Waals surface area contributed by atoms with E-state index in [0.717, 1.165) is 0 Å². The molecule has 0 bridgehead atoms. The van der Waals surface area contributed by atoms with Crippen molar-refractivity contribution in [2.75, 3.05) is 6.54 Å². The summed E-state index contributed by atoms with van der Waals surface area (Å²) in [7, 11) is 0. The minimum atomic E-state index is 0.283. The van der Waals surface area contributed by atoms with Crippen molar-refractivity contribution >= 4 is 5.91 Å². The molecule has 14 heavy (non-hydrogen) atoms. The van der Waals surface area contributed by atoms with Crippen LogP contribution in [0.3, 0.4) is 0 Å². The number of hydrogen-bond donors (Lipinski definition) is 1. The van der Waals surface area contributed by atoms with Gasteiger partial charge in [0, 0.05) is 6.04 Å². The number of nitrogens with one attached hydrogen (secondary N) is 1. The smallest absolute Gasteiger partial charge is 0.238 e. The van der Waals surface area contributed by atoms with Crippen LogP contribution < -0.4 is 5.32 Å². The predicted octanol–water partition coefficient (Wildman–Crippen LogP) is 1.34. The van der Waals surface area contributed by atoms with Gasteiger partial charge in [-0.2, -0.15) is 0 Å². The molecule has 2 rings (SSSR count). The van der Waals surface area contributed by atoms with Gasteiger partial charge in [0.25, 0.3) is 0 Å². The van der Waals surface area contributed by atoms with Crippen LogP contribution in [0.25, 0.3) is 0 Å². The molecule has 3 heteroatoms. The monoisotopic (exact) mass is 196 g/mol. The van der Waals surface area contributed by atoms with Gasteiger partial charge in [-0.15, -0.1) is 0 Å². The maximum absolute atomic E-state index is 11.7. The number of rotatable bonds is 2. The van der Waals surface area contributed by atoms with Gasteiger partial charge in [0.1, 0.15) is 0 Å². The number of nitrogens with zero attached hydrogens (tertiary/aromatic N) is 1. The van der Waals surface area contributed by atoms with Crippen molar-refractivity contribution < 1.29 is 4.79 Å². The minimum Gasteiger partial charge on any atom is -0.323 e. The Morgan fingerprint density at radius 1 is 1.36 bits per heavy atom. The third-order valence-corrected chi connectivity index (χ3v) is 3.40. The summed E-state index contributed by atoms with van der Waals surface area (Å²) in [6, 6.07) is 0.518. The summed E-state index contributed by atoms with van der Waals surface area (Å²) in [6.07, 6.45) is 5.27. The van der Waals surface area contributed by atoms with E-state index in [9.17, 15) is 4.79 Å². The van der Waals surface area contributed by atoms with Crippen LogP contribution in [0.15, 0.2) is 0 Å². The van der Waals surface area contributed by atoms with Crippen LogP contribution in [0, 0.1) is 5.92 Å². The zero-order valence-corrected chi connectivity index (χ0v) is 9.12. The van der Waals surface area contributed by atoms with Gasteiger partial charge < -0.3 is 4.90 Å². The second-order valence-electron chi connectivity index (χ2n) is 4.81. The summed E-state index contributed by atoms with van der Waals surface area (Å²) in [5.41, 5.74) is 0. The fourth-order valence-electron chi connectivity index (χ4n) is 2.71. The first-order valence-corrected chi connectivity index (χ1v) is 5.74. The molecule has 1 aliphatic carbocycles. The average Bonchev–Trinajstić information content (AvgIpc) is 2.71. The van der Waals surface area contributed by atoms with Crippen LogP contribution in [0.5, 0.6) is 0 Å². The Morgan fingerprint density at radius 3 is 2.57 bits per heavy atom. The van der Waals surface area contributed by atoms with Crippen LogP contribution in [0.4, 0.5) is 0 Å². The van der Waals surface area contributed by atoms with Gasteiger partial charge in [-0.3, -0.25) is 10.1 Å². The maximum atomic E-state index is 11.7. The molecule has 2 fully saturated rings.